The molecule has 0 aliphatic carbocycles. The molecule has 0 saturated carbocycles. The van der Waals surface area contributed by atoms with Crippen LogP contribution >= 0.6 is 36.4 Å². The summed E-state index contributed by atoms with van der Waals surface area (Å²) in [7, 11) is 0. The molecule has 0 aromatic heterocycles. The van der Waals surface area contributed by atoms with Crippen LogP contribution in [0.5, 0.6) is 0 Å². The Bertz CT molecular complexity index is 285. The van der Waals surface area contributed by atoms with Gasteiger partial charge in [0.2, 0.25) is 4.38 Å². The number of alkyl halides is 1. The highest BCUT2D eigenvalue weighted by molar-refractivity contribution is 8.10. The van der Waals surface area contributed by atoms with Crippen LogP contribution in [0.25, 0.3) is 0 Å². The Morgan fingerprint density at radius 2 is 1.21 bits per heavy atom. The number of halogens is 1. The molecule has 1 nitrogen and oxygen atoms in total. The predicted molar refractivity (Wildman–Crippen MR) is 117 cm³/mol. The molecule has 0 amide bonds. The summed E-state index contributed by atoms with van der Waals surface area (Å²) in [6.45, 7) is 5.23. The molecule has 0 spiro atoms. The lowest BCUT2D eigenvalue weighted by Gasteiger charge is -2.27. The van der Waals surface area contributed by atoms with Crippen LogP contribution in [0.15, 0.2) is 0 Å². The number of hydrogen-bond donors (Lipinski definition) is 1. The lowest BCUT2D eigenvalue weighted by atomic mass is 9.88. The Morgan fingerprint density at radius 3 is 1.62 bits per heavy atom. The molecule has 0 aliphatic heterocycles. The van der Waals surface area contributed by atoms with Crippen molar-refractivity contribution in [3.05, 3.63) is 0 Å². The lowest BCUT2D eigenvalue weighted by Crippen LogP contribution is -2.21. The van der Waals surface area contributed by atoms with Gasteiger partial charge in [-0.05, 0) is 37.9 Å². The summed E-state index contributed by atoms with van der Waals surface area (Å²) in [6.07, 6.45) is 18.8. The Hall–Kier alpha value is 0.530. The van der Waals surface area contributed by atoms with Crippen molar-refractivity contribution in [3.63, 3.8) is 0 Å². The first-order valence-electron chi connectivity index (χ1n) is 10.1. The third-order valence-electron chi connectivity index (χ3n) is 4.70. The van der Waals surface area contributed by atoms with Crippen LogP contribution in [0.2, 0.25) is 0 Å². The average molecular weight is 395 g/mol. The van der Waals surface area contributed by atoms with Gasteiger partial charge in [-0.2, -0.15) is 0 Å². The summed E-state index contributed by atoms with van der Waals surface area (Å²) in [5.74, 6) is 0. The molecule has 0 heterocycles. The fourth-order valence-corrected chi connectivity index (χ4v) is 3.74. The molecule has 0 N–H and O–H groups in total. The quantitative estimate of drug-likeness (QED) is 0.115. The minimum absolute atomic E-state index is 0.0463. The largest absolute Gasteiger partial charge is 0.479 e. The summed E-state index contributed by atoms with van der Waals surface area (Å²) in [5.41, 5.74) is 0. The molecule has 0 saturated heterocycles. The molecular formula is C20H39ClOS2. The molecule has 4 heteroatoms. The van der Waals surface area contributed by atoms with E-state index >= 15 is 0 Å². The number of hydrogen-bond acceptors (Lipinski definition) is 2. The smallest absolute Gasteiger partial charge is 0.216 e. The predicted octanol–water partition coefficient (Wildman–Crippen LogP) is 8.09. The first-order chi connectivity index (χ1) is 11.5. The second-order valence-corrected chi connectivity index (χ2v) is 8.93. The maximum absolute atomic E-state index is 7.03. The van der Waals surface area contributed by atoms with Crippen molar-refractivity contribution in [1.82, 2.24) is 0 Å². The van der Waals surface area contributed by atoms with Crippen molar-refractivity contribution in [1.29, 1.82) is 0 Å². The molecule has 0 radical (unpaired) electrons. The Morgan fingerprint density at radius 1 is 0.792 bits per heavy atom. The van der Waals surface area contributed by atoms with E-state index in [0.717, 1.165) is 6.42 Å². The highest BCUT2D eigenvalue weighted by Gasteiger charge is 2.25. The lowest BCUT2D eigenvalue weighted by molar-refractivity contribution is 0.306. The number of thiol groups is 1. The SMILES string of the molecule is CCCCCCC(Cl)(CCCCCC)CCCCCCOC(=S)S. The summed E-state index contributed by atoms with van der Waals surface area (Å²) < 4.78 is 5.57. The van der Waals surface area contributed by atoms with Crippen LogP contribution in [-0.2, 0) is 4.74 Å². The molecule has 0 unspecified atom stereocenters. The van der Waals surface area contributed by atoms with Crippen LogP contribution in [0, 0.1) is 0 Å². The summed E-state index contributed by atoms with van der Waals surface area (Å²) in [4.78, 5) is 0.0463. The molecule has 0 bridgehead atoms. The molecular weight excluding hydrogens is 356 g/mol. The van der Waals surface area contributed by atoms with Crippen LogP contribution in [0.3, 0.4) is 0 Å². The van der Waals surface area contributed by atoms with Crippen molar-refractivity contribution < 1.29 is 4.74 Å². The van der Waals surface area contributed by atoms with E-state index in [-0.39, 0.29) is 4.87 Å². The summed E-state index contributed by atoms with van der Waals surface area (Å²) in [6, 6.07) is 0. The van der Waals surface area contributed by atoms with E-state index in [0.29, 0.717) is 11.0 Å². The van der Waals surface area contributed by atoms with E-state index in [4.69, 9.17) is 28.6 Å². The third kappa shape index (κ3) is 16.0. The van der Waals surface area contributed by atoms with Gasteiger partial charge in [0.25, 0.3) is 0 Å². The third-order valence-corrected chi connectivity index (χ3v) is 5.52. The average Bonchev–Trinajstić information content (AvgIpc) is 2.55. The van der Waals surface area contributed by atoms with Crippen LogP contribution in [-0.4, -0.2) is 15.9 Å². The van der Waals surface area contributed by atoms with Gasteiger partial charge in [-0.1, -0.05) is 97.1 Å². The van der Waals surface area contributed by atoms with E-state index < -0.39 is 0 Å². The minimum Gasteiger partial charge on any atom is -0.479 e. The normalized spacial score (nSPS) is 11.7. The number of thiocarbonyl (C=S) groups is 1. The molecule has 0 rings (SSSR count). The molecule has 0 aromatic carbocycles. The van der Waals surface area contributed by atoms with E-state index in [9.17, 15) is 0 Å². The van der Waals surface area contributed by atoms with Crippen LogP contribution in [0.4, 0.5) is 0 Å². The first-order valence-corrected chi connectivity index (χ1v) is 11.3. The van der Waals surface area contributed by atoms with Crippen LogP contribution in [0.1, 0.15) is 110 Å². The number of unbranched alkanes of at least 4 members (excludes halogenated alkanes) is 9. The van der Waals surface area contributed by atoms with Gasteiger partial charge in [0.1, 0.15) is 0 Å². The van der Waals surface area contributed by atoms with Crippen molar-refractivity contribution in [2.75, 3.05) is 6.61 Å². The van der Waals surface area contributed by atoms with Gasteiger partial charge in [-0.25, -0.2) is 0 Å². The van der Waals surface area contributed by atoms with Gasteiger partial charge >= 0.3 is 0 Å². The summed E-state index contributed by atoms with van der Waals surface area (Å²) >= 11 is 15.8. The van der Waals surface area contributed by atoms with Gasteiger partial charge in [0.15, 0.2) is 0 Å². The zero-order chi connectivity index (χ0) is 18.1. The number of rotatable bonds is 17. The maximum Gasteiger partial charge on any atom is 0.216 e. The zero-order valence-corrected chi connectivity index (χ0v) is 18.4. The molecule has 0 fully saturated rings. The molecule has 144 valence electrons. The topological polar surface area (TPSA) is 9.23 Å². The van der Waals surface area contributed by atoms with E-state index in [1.54, 1.807) is 0 Å². The molecule has 24 heavy (non-hydrogen) atoms. The van der Waals surface area contributed by atoms with Crippen molar-refractivity contribution in [3.8, 4) is 0 Å². The van der Waals surface area contributed by atoms with E-state index in [1.807, 2.05) is 0 Å². The standard InChI is InChI=1S/C20H39ClOS2/c1-3-5-7-11-15-20(21,16-12-8-6-4-2)17-13-9-10-14-18-22-19(23)24/h3-18H2,1-2H3,(H,23,24). The van der Waals surface area contributed by atoms with E-state index in [1.165, 1.54) is 89.9 Å². The van der Waals surface area contributed by atoms with E-state index in [2.05, 4.69) is 26.5 Å². The highest BCUT2D eigenvalue weighted by atomic mass is 35.5. The van der Waals surface area contributed by atoms with Gasteiger partial charge in [0, 0.05) is 4.87 Å². The van der Waals surface area contributed by atoms with Crippen molar-refractivity contribution in [2.45, 2.75) is 115 Å². The van der Waals surface area contributed by atoms with Crippen LogP contribution < -0.4 is 0 Å². The first kappa shape index (κ1) is 24.5. The van der Waals surface area contributed by atoms with Gasteiger partial charge in [0.05, 0.1) is 6.61 Å². The Kier molecular flexibility index (Phi) is 17.3. The maximum atomic E-state index is 7.03. The van der Waals surface area contributed by atoms with Crippen molar-refractivity contribution >= 4 is 40.8 Å². The number of ether oxygens (including phenoxy) is 1. The molecule has 0 aliphatic rings. The summed E-state index contributed by atoms with van der Waals surface area (Å²) in [5, 5.41) is 0. The second-order valence-electron chi connectivity index (χ2n) is 7.05. The fourth-order valence-electron chi connectivity index (χ4n) is 3.17. The van der Waals surface area contributed by atoms with Gasteiger partial charge in [-0.3, -0.25) is 0 Å². The van der Waals surface area contributed by atoms with Gasteiger partial charge in [-0.15, -0.1) is 11.6 Å². The fraction of sp³-hybridized carbons (Fsp3) is 0.950. The zero-order valence-electron chi connectivity index (χ0n) is 16.0. The Balaban J connectivity index is 3.96. The minimum atomic E-state index is 0.0463. The Labute approximate surface area is 167 Å². The monoisotopic (exact) mass is 394 g/mol. The second kappa shape index (κ2) is 17.0. The molecule has 0 atom stereocenters. The van der Waals surface area contributed by atoms with Crippen molar-refractivity contribution in [2.24, 2.45) is 0 Å². The van der Waals surface area contributed by atoms with Gasteiger partial charge < -0.3 is 4.74 Å². The molecule has 0 aromatic rings. The highest BCUT2D eigenvalue weighted by Crippen LogP contribution is 2.35.